The molecule has 1 saturated heterocycles. The number of nitrogens with one attached hydrogen (secondary N) is 2. The Labute approximate surface area is 118 Å². The van der Waals surface area contributed by atoms with Crippen LogP contribution in [0.15, 0.2) is 0 Å². The Morgan fingerprint density at radius 3 is 2.84 bits per heavy atom. The quantitative estimate of drug-likeness (QED) is 0.627. The minimum absolute atomic E-state index is 0.125. The summed E-state index contributed by atoms with van der Waals surface area (Å²) >= 11 is 0. The van der Waals surface area contributed by atoms with Gasteiger partial charge >= 0.3 is 0 Å². The SMILES string of the molecule is CCCCNC(=O)CNCCCN1CCCCC1C. The summed E-state index contributed by atoms with van der Waals surface area (Å²) in [5, 5.41) is 6.15. The zero-order valence-corrected chi connectivity index (χ0v) is 12.7. The third kappa shape index (κ3) is 7.53. The van der Waals surface area contributed by atoms with Crippen LogP contribution in [0.2, 0.25) is 0 Å². The van der Waals surface area contributed by atoms with Crippen LogP contribution in [0.3, 0.4) is 0 Å². The maximum atomic E-state index is 11.5. The van der Waals surface area contributed by atoms with Gasteiger partial charge in [-0.25, -0.2) is 0 Å². The van der Waals surface area contributed by atoms with E-state index >= 15 is 0 Å². The second-order valence-electron chi connectivity index (χ2n) is 5.61. The Hall–Kier alpha value is -0.610. The van der Waals surface area contributed by atoms with Gasteiger partial charge in [0.1, 0.15) is 0 Å². The highest BCUT2D eigenvalue weighted by atomic mass is 16.1. The van der Waals surface area contributed by atoms with E-state index in [2.05, 4.69) is 29.4 Å². The standard InChI is InChI=1S/C15H31N3O/c1-3-4-10-17-15(19)13-16-9-7-12-18-11-6-5-8-14(18)2/h14,16H,3-13H2,1-2H3,(H,17,19). The molecule has 0 aromatic rings. The van der Waals surface area contributed by atoms with E-state index in [0.29, 0.717) is 6.54 Å². The molecule has 1 fully saturated rings. The van der Waals surface area contributed by atoms with Crippen molar-refractivity contribution in [3.05, 3.63) is 0 Å². The lowest BCUT2D eigenvalue weighted by Crippen LogP contribution is -2.39. The average molecular weight is 269 g/mol. The summed E-state index contributed by atoms with van der Waals surface area (Å²) in [6.07, 6.45) is 7.39. The molecule has 0 aliphatic carbocycles. The van der Waals surface area contributed by atoms with E-state index in [0.717, 1.165) is 44.9 Å². The Morgan fingerprint density at radius 1 is 1.26 bits per heavy atom. The third-order valence-corrected chi connectivity index (χ3v) is 3.88. The molecule has 0 spiro atoms. The number of carbonyl (C=O) groups is 1. The molecule has 1 aliphatic heterocycles. The van der Waals surface area contributed by atoms with Crippen molar-refractivity contribution in [1.82, 2.24) is 15.5 Å². The van der Waals surface area contributed by atoms with Crippen LogP contribution in [-0.4, -0.2) is 49.6 Å². The van der Waals surface area contributed by atoms with Gasteiger partial charge in [0.15, 0.2) is 0 Å². The van der Waals surface area contributed by atoms with Gasteiger partial charge in [0.2, 0.25) is 5.91 Å². The molecule has 1 amide bonds. The van der Waals surface area contributed by atoms with Crippen LogP contribution < -0.4 is 10.6 Å². The maximum Gasteiger partial charge on any atom is 0.233 e. The fraction of sp³-hybridized carbons (Fsp3) is 0.933. The highest BCUT2D eigenvalue weighted by Crippen LogP contribution is 2.15. The summed E-state index contributed by atoms with van der Waals surface area (Å²) in [6, 6.07) is 0.742. The van der Waals surface area contributed by atoms with Gasteiger partial charge in [-0.15, -0.1) is 0 Å². The van der Waals surface area contributed by atoms with E-state index in [9.17, 15) is 4.79 Å². The first-order valence-corrected chi connectivity index (χ1v) is 7.95. The minimum atomic E-state index is 0.125. The second-order valence-corrected chi connectivity index (χ2v) is 5.61. The summed E-state index contributed by atoms with van der Waals surface area (Å²) in [5.74, 6) is 0.125. The Bertz CT molecular complexity index is 246. The largest absolute Gasteiger partial charge is 0.355 e. The monoisotopic (exact) mass is 269 g/mol. The van der Waals surface area contributed by atoms with Crippen LogP contribution in [0.1, 0.15) is 52.4 Å². The van der Waals surface area contributed by atoms with Gasteiger partial charge in [0.25, 0.3) is 0 Å². The zero-order chi connectivity index (χ0) is 13.9. The Morgan fingerprint density at radius 2 is 2.11 bits per heavy atom. The van der Waals surface area contributed by atoms with E-state index in [1.54, 1.807) is 0 Å². The van der Waals surface area contributed by atoms with Crippen LogP contribution in [0.25, 0.3) is 0 Å². The van der Waals surface area contributed by atoms with Crippen LogP contribution >= 0.6 is 0 Å². The molecule has 1 atom stereocenters. The van der Waals surface area contributed by atoms with Crippen LogP contribution in [-0.2, 0) is 4.79 Å². The van der Waals surface area contributed by atoms with Crippen molar-refractivity contribution in [3.8, 4) is 0 Å². The third-order valence-electron chi connectivity index (χ3n) is 3.88. The van der Waals surface area contributed by atoms with E-state index < -0.39 is 0 Å². The van der Waals surface area contributed by atoms with Gasteiger partial charge in [-0.3, -0.25) is 4.79 Å². The van der Waals surface area contributed by atoms with Crippen LogP contribution in [0, 0.1) is 0 Å². The molecule has 1 aliphatic rings. The lowest BCUT2D eigenvalue weighted by atomic mass is 10.0. The number of hydrogen-bond acceptors (Lipinski definition) is 3. The Kier molecular flexibility index (Phi) is 8.84. The number of amides is 1. The van der Waals surface area contributed by atoms with Crippen molar-refractivity contribution in [2.75, 3.05) is 32.7 Å². The van der Waals surface area contributed by atoms with Crippen molar-refractivity contribution in [2.24, 2.45) is 0 Å². The number of piperidine rings is 1. The minimum Gasteiger partial charge on any atom is -0.355 e. The van der Waals surface area contributed by atoms with Crippen LogP contribution in [0.5, 0.6) is 0 Å². The van der Waals surface area contributed by atoms with Crippen molar-refractivity contribution < 1.29 is 4.79 Å². The average Bonchev–Trinajstić information content (AvgIpc) is 2.41. The predicted octanol–water partition coefficient (Wildman–Crippen LogP) is 1.76. The lowest BCUT2D eigenvalue weighted by Gasteiger charge is -2.33. The molecule has 0 radical (unpaired) electrons. The number of carbonyl (C=O) groups excluding carboxylic acids is 1. The molecule has 1 heterocycles. The smallest absolute Gasteiger partial charge is 0.233 e. The number of rotatable bonds is 9. The molecule has 4 heteroatoms. The van der Waals surface area contributed by atoms with Gasteiger partial charge in [-0.2, -0.15) is 0 Å². The summed E-state index contributed by atoms with van der Waals surface area (Å²) in [6.45, 7) is 9.07. The number of unbranched alkanes of at least 4 members (excludes halogenated alkanes) is 1. The van der Waals surface area contributed by atoms with Crippen molar-refractivity contribution in [2.45, 2.75) is 58.4 Å². The summed E-state index contributed by atoms with van der Waals surface area (Å²) in [4.78, 5) is 14.0. The van der Waals surface area contributed by atoms with Gasteiger partial charge in [-0.05, 0) is 52.2 Å². The highest BCUT2D eigenvalue weighted by molar-refractivity contribution is 5.77. The van der Waals surface area contributed by atoms with Gasteiger partial charge < -0.3 is 15.5 Å². The molecule has 0 aromatic carbocycles. The molecular formula is C15H31N3O. The van der Waals surface area contributed by atoms with E-state index in [4.69, 9.17) is 0 Å². The molecule has 1 unspecified atom stereocenters. The molecule has 0 saturated carbocycles. The van der Waals surface area contributed by atoms with E-state index in [-0.39, 0.29) is 5.91 Å². The molecule has 0 aromatic heterocycles. The van der Waals surface area contributed by atoms with Crippen molar-refractivity contribution in [3.63, 3.8) is 0 Å². The molecule has 19 heavy (non-hydrogen) atoms. The number of nitrogens with zero attached hydrogens (tertiary/aromatic N) is 1. The topological polar surface area (TPSA) is 44.4 Å². The first-order valence-electron chi connectivity index (χ1n) is 7.95. The molecule has 112 valence electrons. The van der Waals surface area contributed by atoms with Gasteiger partial charge in [0.05, 0.1) is 6.54 Å². The van der Waals surface area contributed by atoms with Gasteiger partial charge in [0, 0.05) is 12.6 Å². The molecule has 1 rings (SSSR count). The summed E-state index contributed by atoms with van der Waals surface area (Å²) < 4.78 is 0. The normalized spacial score (nSPS) is 20.4. The predicted molar refractivity (Wildman–Crippen MR) is 80.3 cm³/mol. The van der Waals surface area contributed by atoms with Gasteiger partial charge in [-0.1, -0.05) is 19.8 Å². The van der Waals surface area contributed by atoms with E-state index in [1.807, 2.05) is 0 Å². The first kappa shape index (κ1) is 16.4. The fourth-order valence-corrected chi connectivity index (χ4v) is 2.57. The highest BCUT2D eigenvalue weighted by Gasteiger charge is 2.16. The summed E-state index contributed by atoms with van der Waals surface area (Å²) in [7, 11) is 0. The van der Waals surface area contributed by atoms with E-state index in [1.165, 1.54) is 25.8 Å². The molecule has 4 nitrogen and oxygen atoms in total. The number of hydrogen-bond donors (Lipinski definition) is 2. The van der Waals surface area contributed by atoms with Crippen molar-refractivity contribution >= 4 is 5.91 Å². The summed E-state index contributed by atoms with van der Waals surface area (Å²) in [5.41, 5.74) is 0. The maximum absolute atomic E-state index is 11.5. The Balaban J connectivity index is 1.94. The fourth-order valence-electron chi connectivity index (χ4n) is 2.57. The molecule has 2 N–H and O–H groups in total. The molecule has 0 bridgehead atoms. The lowest BCUT2D eigenvalue weighted by molar-refractivity contribution is -0.120. The van der Waals surface area contributed by atoms with Crippen molar-refractivity contribution in [1.29, 1.82) is 0 Å². The number of likely N-dealkylation sites (tertiary alicyclic amines) is 1. The van der Waals surface area contributed by atoms with Crippen LogP contribution in [0.4, 0.5) is 0 Å². The zero-order valence-electron chi connectivity index (χ0n) is 12.7. The second kappa shape index (κ2) is 10.2. The molecular weight excluding hydrogens is 238 g/mol. The first-order chi connectivity index (χ1) is 9.24.